The molecule has 0 heterocycles. The maximum Gasteiger partial charge on any atom is 0.116 e. The van der Waals surface area contributed by atoms with Crippen LogP contribution in [0.5, 0.6) is 0 Å². The summed E-state index contributed by atoms with van der Waals surface area (Å²) in [5.74, 6) is 0. The van der Waals surface area contributed by atoms with E-state index in [0.29, 0.717) is 0 Å². The zero-order valence-electron chi connectivity index (χ0n) is 5.79. The van der Waals surface area contributed by atoms with Gasteiger partial charge in [0.25, 0.3) is 0 Å². The number of alkyl halides is 1. The van der Waals surface area contributed by atoms with E-state index < -0.39 is 10.5 Å². The minimum absolute atomic E-state index is 0.646. The van der Waals surface area contributed by atoms with Gasteiger partial charge in [0.2, 0.25) is 0 Å². The van der Waals surface area contributed by atoms with Gasteiger partial charge in [-0.1, -0.05) is 0 Å². The highest BCUT2D eigenvalue weighted by molar-refractivity contribution is 6.24. The van der Waals surface area contributed by atoms with Crippen molar-refractivity contribution in [1.82, 2.24) is 0 Å². The first-order valence-electron chi connectivity index (χ1n) is 2.64. The Morgan fingerprint density at radius 1 is 1.12 bits per heavy atom. The molecule has 0 unspecified atom stereocenters. The van der Waals surface area contributed by atoms with Crippen molar-refractivity contribution in [2.45, 2.75) is 38.2 Å². The second-order valence-electron chi connectivity index (χ2n) is 2.98. The fourth-order valence-corrected chi connectivity index (χ4v) is 0. The molecule has 0 aliphatic rings. The van der Waals surface area contributed by atoms with Gasteiger partial charge in [0.05, 0.1) is 4.87 Å². The molecule has 0 rings (SSSR count). The lowest BCUT2D eigenvalue weighted by Crippen LogP contribution is -2.38. The molecule has 0 bridgehead atoms. The summed E-state index contributed by atoms with van der Waals surface area (Å²) in [6, 6.07) is 0. The second kappa shape index (κ2) is 1.89. The molecule has 0 amide bonds. The van der Waals surface area contributed by atoms with E-state index in [1.807, 2.05) is 0 Å². The standard InChI is InChI=1S/C6H12ClO/c1-5(2,7)6(3,4)8/h1-4H3. The highest BCUT2D eigenvalue weighted by Gasteiger charge is 2.34. The van der Waals surface area contributed by atoms with Crippen molar-refractivity contribution in [3.8, 4) is 0 Å². The summed E-state index contributed by atoms with van der Waals surface area (Å²) in [7, 11) is 0. The highest BCUT2D eigenvalue weighted by atomic mass is 35.5. The van der Waals surface area contributed by atoms with E-state index in [-0.39, 0.29) is 0 Å². The molecule has 8 heavy (non-hydrogen) atoms. The molecule has 1 radical (unpaired) electrons. The summed E-state index contributed by atoms with van der Waals surface area (Å²) in [5, 5.41) is 11.0. The van der Waals surface area contributed by atoms with E-state index in [4.69, 9.17) is 11.6 Å². The maximum absolute atomic E-state index is 11.0. The largest absolute Gasteiger partial charge is 0.228 e. The Morgan fingerprint density at radius 2 is 1.25 bits per heavy atom. The number of rotatable bonds is 1. The smallest absolute Gasteiger partial charge is 0.116 e. The van der Waals surface area contributed by atoms with E-state index in [9.17, 15) is 5.11 Å². The van der Waals surface area contributed by atoms with Crippen molar-refractivity contribution in [1.29, 1.82) is 0 Å². The average Bonchev–Trinajstić information content (AvgIpc) is 1.25. The highest BCUT2D eigenvalue weighted by Crippen LogP contribution is 2.27. The Kier molecular flexibility index (Phi) is 1.95. The molecule has 0 aliphatic carbocycles. The number of hydrogen-bond acceptors (Lipinski definition) is 0. The average molecular weight is 136 g/mol. The monoisotopic (exact) mass is 135 g/mol. The van der Waals surface area contributed by atoms with Gasteiger partial charge in [0.15, 0.2) is 0 Å². The number of hydrogen-bond donors (Lipinski definition) is 0. The Morgan fingerprint density at radius 3 is 1.25 bits per heavy atom. The molecule has 0 spiro atoms. The van der Waals surface area contributed by atoms with Crippen LogP contribution in [0.2, 0.25) is 0 Å². The summed E-state index contributed by atoms with van der Waals surface area (Å²) in [6.07, 6.45) is 0. The molecular weight excluding hydrogens is 124 g/mol. The minimum Gasteiger partial charge on any atom is -0.228 e. The molecule has 0 saturated carbocycles. The molecule has 49 valence electrons. The third-order valence-electron chi connectivity index (χ3n) is 1.43. The molecular formula is C6H12ClO. The minimum atomic E-state index is -1.05. The van der Waals surface area contributed by atoms with Crippen LogP contribution in [0.3, 0.4) is 0 Å². The predicted molar refractivity (Wildman–Crippen MR) is 34.7 cm³/mol. The van der Waals surface area contributed by atoms with Gasteiger partial charge < -0.3 is 0 Å². The van der Waals surface area contributed by atoms with Crippen LogP contribution in [0, 0.1) is 0 Å². The van der Waals surface area contributed by atoms with Crippen molar-refractivity contribution >= 4 is 11.6 Å². The van der Waals surface area contributed by atoms with Crippen LogP contribution in [0.4, 0.5) is 0 Å². The molecule has 1 nitrogen and oxygen atoms in total. The van der Waals surface area contributed by atoms with Gasteiger partial charge in [0.1, 0.15) is 5.60 Å². The second-order valence-corrected chi connectivity index (χ2v) is 3.93. The van der Waals surface area contributed by atoms with Gasteiger partial charge in [0, 0.05) is 0 Å². The van der Waals surface area contributed by atoms with Crippen molar-refractivity contribution in [3.05, 3.63) is 0 Å². The molecule has 0 aromatic carbocycles. The molecule has 0 aliphatic heterocycles. The van der Waals surface area contributed by atoms with Gasteiger partial charge in [-0.05, 0) is 27.7 Å². The third kappa shape index (κ3) is 2.01. The lowest BCUT2D eigenvalue weighted by atomic mass is 9.94. The SMILES string of the molecule is CC(C)([O])C(C)(C)Cl. The summed E-state index contributed by atoms with van der Waals surface area (Å²) >= 11 is 5.70. The normalized spacial score (nSPS) is 14.2. The van der Waals surface area contributed by atoms with Crippen LogP contribution >= 0.6 is 11.6 Å². The first kappa shape index (κ1) is 8.25. The fraction of sp³-hybridized carbons (Fsp3) is 1.00. The molecule has 0 aromatic heterocycles. The zero-order chi connectivity index (χ0) is 7.00. The molecule has 2 heteroatoms. The Bertz CT molecular complexity index is 63.5. The Labute approximate surface area is 55.7 Å². The van der Waals surface area contributed by atoms with E-state index in [1.165, 1.54) is 0 Å². The van der Waals surface area contributed by atoms with Crippen molar-refractivity contribution < 1.29 is 5.11 Å². The van der Waals surface area contributed by atoms with E-state index in [0.717, 1.165) is 0 Å². The van der Waals surface area contributed by atoms with Crippen molar-refractivity contribution in [2.75, 3.05) is 0 Å². The first-order valence-corrected chi connectivity index (χ1v) is 3.02. The maximum atomic E-state index is 11.0. The molecule has 0 saturated heterocycles. The van der Waals surface area contributed by atoms with Crippen LogP contribution in [0.1, 0.15) is 27.7 Å². The first-order chi connectivity index (χ1) is 3.25. The van der Waals surface area contributed by atoms with E-state index >= 15 is 0 Å². The quantitative estimate of drug-likeness (QED) is 0.492. The molecule has 0 N–H and O–H groups in total. The fourth-order valence-electron chi connectivity index (χ4n) is 0. The molecule has 0 atom stereocenters. The topological polar surface area (TPSA) is 19.9 Å². The van der Waals surface area contributed by atoms with Gasteiger partial charge >= 0.3 is 0 Å². The zero-order valence-corrected chi connectivity index (χ0v) is 6.54. The number of halogens is 1. The summed E-state index contributed by atoms with van der Waals surface area (Å²) in [5.41, 5.74) is -1.05. The van der Waals surface area contributed by atoms with Crippen LogP contribution in [0.25, 0.3) is 0 Å². The Hall–Kier alpha value is 0.250. The van der Waals surface area contributed by atoms with Crippen molar-refractivity contribution in [3.63, 3.8) is 0 Å². The van der Waals surface area contributed by atoms with Gasteiger partial charge in [-0.25, -0.2) is 5.11 Å². The molecule has 0 fully saturated rings. The summed E-state index contributed by atoms with van der Waals surface area (Å²) in [4.78, 5) is -0.646. The lowest BCUT2D eigenvalue weighted by Gasteiger charge is -2.27. The predicted octanol–water partition coefficient (Wildman–Crippen LogP) is 2.21. The van der Waals surface area contributed by atoms with Gasteiger partial charge in [-0.15, -0.1) is 11.6 Å². The van der Waals surface area contributed by atoms with E-state index in [2.05, 4.69) is 0 Å². The van der Waals surface area contributed by atoms with E-state index in [1.54, 1.807) is 27.7 Å². The lowest BCUT2D eigenvalue weighted by molar-refractivity contribution is -0.0234. The van der Waals surface area contributed by atoms with Crippen LogP contribution < -0.4 is 0 Å². The van der Waals surface area contributed by atoms with Gasteiger partial charge in [-0.2, -0.15) is 0 Å². The molecule has 0 aromatic rings. The van der Waals surface area contributed by atoms with Crippen LogP contribution in [-0.2, 0) is 5.11 Å². The van der Waals surface area contributed by atoms with Gasteiger partial charge in [-0.3, -0.25) is 0 Å². The third-order valence-corrected chi connectivity index (χ3v) is 1.89. The van der Waals surface area contributed by atoms with Crippen LogP contribution in [0.15, 0.2) is 0 Å². The van der Waals surface area contributed by atoms with Crippen molar-refractivity contribution in [2.24, 2.45) is 0 Å². The van der Waals surface area contributed by atoms with Crippen LogP contribution in [-0.4, -0.2) is 10.5 Å². The summed E-state index contributed by atoms with van der Waals surface area (Å²) in [6.45, 7) is 6.61. The Balaban J connectivity index is 4.02. The summed E-state index contributed by atoms with van der Waals surface area (Å²) < 4.78 is 0.